The van der Waals surface area contributed by atoms with Gasteiger partial charge in [0, 0.05) is 11.1 Å². The van der Waals surface area contributed by atoms with Gasteiger partial charge in [-0.05, 0) is 12.1 Å². The minimum Gasteiger partial charge on any atom is -0.481 e. The molecule has 1 N–H and O–H groups in total. The summed E-state index contributed by atoms with van der Waals surface area (Å²) in [6.07, 6.45) is 4.70. The fraction of sp³-hybridized carbons (Fsp3) is 0.100. The Hall–Kier alpha value is -1.82. The number of carbonyl (C=O) groups is 1. The van der Waals surface area contributed by atoms with Crippen molar-refractivity contribution in [1.82, 2.24) is 0 Å². The first kappa shape index (κ1) is 9.27. The van der Waals surface area contributed by atoms with E-state index in [2.05, 4.69) is 5.92 Å². The zero-order chi connectivity index (χ0) is 9.84. The molecule has 0 radical (unpaired) electrons. The van der Waals surface area contributed by atoms with Crippen LogP contribution < -0.4 is 0 Å². The minimum absolute atomic E-state index is 0.0671. The molecule has 3 heteroatoms. The zero-order valence-electron chi connectivity index (χ0n) is 6.75. The van der Waals surface area contributed by atoms with Gasteiger partial charge in [0.25, 0.3) is 0 Å². The van der Waals surface area contributed by atoms with Gasteiger partial charge in [0.05, 0.1) is 6.42 Å². The van der Waals surface area contributed by atoms with E-state index in [1.165, 1.54) is 18.2 Å². The van der Waals surface area contributed by atoms with E-state index in [4.69, 9.17) is 11.5 Å². The molecule has 0 aliphatic carbocycles. The summed E-state index contributed by atoms with van der Waals surface area (Å²) < 4.78 is 13.0. The van der Waals surface area contributed by atoms with Crippen LogP contribution >= 0.6 is 0 Å². The molecule has 0 aliphatic rings. The fourth-order valence-electron chi connectivity index (χ4n) is 1.02. The van der Waals surface area contributed by atoms with Gasteiger partial charge in [0.1, 0.15) is 5.82 Å². The van der Waals surface area contributed by atoms with Gasteiger partial charge in [0.15, 0.2) is 0 Å². The Morgan fingerprint density at radius 3 is 2.85 bits per heavy atom. The maximum atomic E-state index is 13.0. The van der Waals surface area contributed by atoms with Crippen molar-refractivity contribution in [2.75, 3.05) is 0 Å². The lowest BCUT2D eigenvalue weighted by Gasteiger charge is -2.02. The summed E-state index contributed by atoms with van der Waals surface area (Å²) >= 11 is 0. The van der Waals surface area contributed by atoms with Crippen LogP contribution in [0.3, 0.4) is 0 Å². The summed E-state index contributed by atoms with van der Waals surface area (Å²) in [5.41, 5.74) is 0.361. The highest BCUT2D eigenvalue weighted by atomic mass is 19.1. The average molecular weight is 178 g/mol. The number of hydrogen-bond acceptors (Lipinski definition) is 1. The largest absolute Gasteiger partial charge is 0.481 e. The average Bonchev–Trinajstić information content (AvgIpc) is 2.08. The van der Waals surface area contributed by atoms with Crippen LogP contribution in [0.25, 0.3) is 0 Å². The molecule has 0 aromatic heterocycles. The van der Waals surface area contributed by atoms with Crippen molar-refractivity contribution in [2.24, 2.45) is 0 Å². The fourth-order valence-corrected chi connectivity index (χ4v) is 1.02. The Balaban J connectivity index is 3.17. The molecule has 13 heavy (non-hydrogen) atoms. The highest BCUT2D eigenvalue weighted by Gasteiger charge is 2.09. The molecule has 0 heterocycles. The van der Waals surface area contributed by atoms with E-state index in [1.807, 2.05) is 0 Å². The van der Waals surface area contributed by atoms with E-state index >= 15 is 0 Å². The summed E-state index contributed by atoms with van der Waals surface area (Å²) in [5, 5.41) is 8.48. The number of aliphatic carboxylic acids is 1. The van der Waals surface area contributed by atoms with Crippen LogP contribution in [0.15, 0.2) is 18.2 Å². The molecule has 0 bridgehead atoms. The lowest BCUT2D eigenvalue weighted by Crippen LogP contribution is -2.04. The van der Waals surface area contributed by atoms with Gasteiger partial charge in [-0.3, -0.25) is 4.79 Å². The van der Waals surface area contributed by atoms with Crippen molar-refractivity contribution in [1.29, 1.82) is 0 Å². The van der Waals surface area contributed by atoms with E-state index in [0.29, 0.717) is 5.56 Å². The number of terminal acetylenes is 1. The second kappa shape index (κ2) is 3.72. The van der Waals surface area contributed by atoms with Crippen LogP contribution in [0.5, 0.6) is 0 Å². The van der Waals surface area contributed by atoms with Gasteiger partial charge in [-0.2, -0.15) is 0 Å². The van der Waals surface area contributed by atoms with E-state index in [0.717, 1.165) is 0 Å². The number of carboxylic acid groups (broad SMARTS) is 1. The molecule has 0 saturated heterocycles. The van der Waals surface area contributed by atoms with Gasteiger partial charge in [-0.15, -0.1) is 6.42 Å². The topological polar surface area (TPSA) is 37.3 Å². The van der Waals surface area contributed by atoms with Gasteiger partial charge >= 0.3 is 5.97 Å². The Kier molecular flexibility index (Phi) is 2.65. The van der Waals surface area contributed by atoms with Crippen LogP contribution in [-0.4, -0.2) is 11.1 Å². The van der Waals surface area contributed by atoms with E-state index in [-0.39, 0.29) is 12.0 Å². The van der Waals surface area contributed by atoms with Crippen LogP contribution in [0.1, 0.15) is 11.1 Å². The molecule has 0 spiro atoms. The van der Waals surface area contributed by atoms with Crippen molar-refractivity contribution in [2.45, 2.75) is 6.42 Å². The van der Waals surface area contributed by atoms with Gasteiger partial charge in [-0.1, -0.05) is 12.0 Å². The molecule has 1 aromatic rings. The Bertz CT molecular complexity index is 377. The maximum Gasteiger partial charge on any atom is 0.307 e. The van der Waals surface area contributed by atoms with Crippen molar-refractivity contribution in [3.05, 3.63) is 35.1 Å². The van der Waals surface area contributed by atoms with Gasteiger partial charge in [-0.25, -0.2) is 4.39 Å². The molecule has 2 nitrogen and oxygen atoms in total. The molecule has 1 rings (SSSR count). The number of carboxylic acids is 1. The maximum absolute atomic E-state index is 13.0. The lowest BCUT2D eigenvalue weighted by atomic mass is 10.0. The van der Waals surface area contributed by atoms with Crippen LogP contribution in [-0.2, 0) is 11.2 Å². The molecule has 1 aromatic carbocycles. The Morgan fingerprint density at radius 2 is 2.31 bits per heavy atom. The summed E-state index contributed by atoms with van der Waals surface area (Å²) in [6.45, 7) is 0. The third-order valence-electron chi connectivity index (χ3n) is 1.60. The summed E-state index contributed by atoms with van der Waals surface area (Å²) in [4.78, 5) is 10.4. The lowest BCUT2D eigenvalue weighted by molar-refractivity contribution is -0.136. The van der Waals surface area contributed by atoms with Crippen molar-refractivity contribution < 1.29 is 14.3 Å². The first-order valence-corrected chi connectivity index (χ1v) is 3.61. The monoisotopic (exact) mass is 178 g/mol. The molecule has 0 amide bonds. The van der Waals surface area contributed by atoms with E-state index in [1.54, 1.807) is 0 Å². The van der Waals surface area contributed by atoms with Gasteiger partial charge in [0.2, 0.25) is 0 Å². The summed E-state index contributed by atoms with van der Waals surface area (Å²) in [6, 6.07) is 4.16. The quantitative estimate of drug-likeness (QED) is 0.695. The first-order valence-electron chi connectivity index (χ1n) is 3.61. The highest BCUT2D eigenvalue weighted by Crippen LogP contribution is 2.13. The second-order valence-electron chi connectivity index (χ2n) is 2.48. The van der Waals surface area contributed by atoms with Crippen LogP contribution in [0, 0.1) is 18.2 Å². The molecule has 66 valence electrons. The molecule has 0 fully saturated rings. The number of benzene rings is 1. The molecule has 0 aliphatic heterocycles. The Morgan fingerprint density at radius 1 is 1.62 bits per heavy atom. The second-order valence-corrected chi connectivity index (χ2v) is 2.48. The van der Waals surface area contributed by atoms with E-state index in [9.17, 15) is 9.18 Å². The van der Waals surface area contributed by atoms with Crippen LogP contribution in [0.4, 0.5) is 4.39 Å². The van der Waals surface area contributed by atoms with E-state index < -0.39 is 11.8 Å². The molecule has 0 atom stereocenters. The number of halogens is 1. The summed E-state index contributed by atoms with van der Waals surface area (Å²) in [7, 11) is 0. The number of rotatable bonds is 2. The molecular weight excluding hydrogens is 171 g/mol. The van der Waals surface area contributed by atoms with Crippen molar-refractivity contribution in [3.8, 4) is 12.3 Å². The third kappa shape index (κ3) is 2.06. The predicted molar refractivity (Wildman–Crippen MR) is 45.7 cm³/mol. The molecule has 0 unspecified atom stereocenters. The van der Waals surface area contributed by atoms with Crippen molar-refractivity contribution >= 4 is 5.97 Å². The third-order valence-corrected chi connectivity index (χ3v) is 1.60. The minimum atomic E-state index is -1.10. The molecule has 0 saturated carbocycles. The highest BCUT2D eigenvalue weighted by molar-refractivity contribution is 5.71. The normalized spacial score (nSPS) is 9.23. The Labute approximate surface area is 75.0 Å². The summed E-state index contributed by atoms with van der Waals surface area (Å²) in [5.74, 6) is 0.571. The standard InChI is InChI=1S/C10H7FO2/c1-2-7-4-3-5-9(11)8(7)6-10(12)13/h1,3-5H,6H2,(H,12,13). The number of hydrogen-bond donors (Lipinski definition) is 1. The van der Waals surface area contributed by atoms with Crippen LogP contribution in [0.2, 0.25) is 0 Å². The predicted octanol–water partition coefficient (Wildman–Crippen LogP) is 1.43. The molecular formula is C10H7FO2. The van der Waals surface area contributed by atoms with Gasteiger partial charge < -0.3 is 5.11 Å². The first-order chi connectivity index (χ1) is 6.15. The smallest absolute Gasteiger partial charge is 0.307 e. The van der Waals surface area contributed by atoms with Crippen molar-refractivity contribution in [3.63, 3.8) is 0 Å². The zero-order valence-corrected chi connectivity index (χ0v) is 6.75. The SMILES string of the molecule is C#Cc1cccc(F)c1CC(=O)O.